The van der Waals surface area contributed by atoms with Crippen molar-refractivity contribution in [3.8, 4) is 5.75 Å². The van der Waals surface area contributed by atoms with Crippen LogP contribution in [0.15, 0.2) is 18.2 Å². The molecule has 1 saturated heterocycles. The summed E-state index contributed by atoms with van der Waals surface area (Å²) in [5, 5.41) is 0. The molecule has 2 atom stereocenters. The maximum absolute atomic E-state index is 6.41. The van der Waals surface area contributed by atoms with Crippen LogP contribution < -0.4 is 15.4 Å². The van der Waals surface area contributed by atoms with E-state index in [-0.39, 0.29) is 0 Å². The van der Waals surface area contributed by atoms with Gasteiger partial charge in [0.15, 0.2) is 0 Å². The molecule has 1 aromatic carbocycles. The molecule has 2 fully saturated rings. The van der Waals surface area contributed by atoms with Crippen LogP contribution in [0, 0.1) is 5.92 Å². The van der Waals surface area contributed by atoms with Crippen LogP contribution in [0.3, 0.4) is 0 Å². The number of benzene rings is 1. The van der Waals surface area contributed by atoms with Gasteiger partial charge in [0.25, 0.3) is 0 Å². The molecule has 116 valence electrons. The second-order valence-electron chi connectivity index (χ2n) is 6.48. The number of nitrogen functional groups attached to an aromatic ring is 1. The van der Waals surface area contributed by atoms with Crippen LogP contribution in [0.1, 0.15) is 51.9 Å². The van der Waals surface area contributed by atoms with E-state index in [0.717, 1.165) is 36.9 Å². The number of anilines is 2. The fourth-order valence-corrected chi connectivity index (χ4v) is 4.04. The molecule has 1 aromatic rings. The van der Waals surface area contributed by atoms with Gasteiger partial charge in [0, 0.05) is 12.6 Å². The maximum atomic E-state index is 6.41. The number of fused-ring (bicyclic) bond motifs is 1. The van der Waals surface area contributed by atoms with Crippen LogP contribution in [-0.2, 0) is 0 Å². The van der Waals surface area contributed by atoms with Crippen molar-refractivity contribution in [2.75, 3.05) is 23.8 Å². The highest BCUT2D eigenvalue weighted by atomic mass is 16.5. The molecule has 0 amide bonds. The fourth-order valence-electron chi connectivity index (χ4n) is 4.04. The van der Waals surface area contributed by atoms with Crippen molar-refractivity contribution in [3.63, 3.8) is 0 Å². The van der Waals surface area contributed by atoms with E-state index in [1.54, 1.807) is 0 Å². The molecule has 0 aromatic heterocycles. The summed E-state index contributed by atoms with van der Waals surface area (Å²) < 4.78 is 5.80. The van der Waals surface area contributed by atoms with Gasteiger partial charge < -0.3 is 15.4 Å². The predicted molar refractivity (Wildman–Crippen MR) is 89.0 cm³/mol. The number of hydrogen-bond donors (Lipinski definition) is 1. The first-order valence-electron chi connectivity index (χ1n) is 8.59. The summed E-state index contributed by atoms with van der Waals surface area (Å²) in [7, 11) is 0. The van der Waals surface area contributed by atoms with Gasteiger partial charge in [-0.15, -0.1) is 0 Å². The highest BCUT2D eigenvalue weighted by Crippen LogP contribution is 2.41. The Kier molecular flexibility index (Phi) is 4.57. The molecule has 2 unspecified atom stereocenters. The van der Waals surface area contributed by atoms with Crippen molar-refractivity contribution in [3.05, 3.63) is 18.2 Å². The van der Waals surface area contributed by atoms with Crippen LogP contribution in [-0.4, -0.2) is 19.2 Å². The van der Waals surface area contributed by atoms with Crippen LogP contribution in [0.2, 0.25) is 0 Å². The lowest BCUT2D eigenvalue weighted by Crippen LogP contribution is -2.47. The van der Waals surface area contributed by atoms with Gasteiger partial charge in [-0.1, -0.05) is 25.8 Å². The molecule has 2 N–H and O–H groups in total. The van der Waals surface area contributed by atoms with Gasteiger partial charge in [-0.3, -0.25) is 0 Å². The SMILES string of the molecule is CCCOc1cccc(N2CCCC3CCCCC32)c1N. The largest absolute Gasteiger partial charge is 0.491 e. The molecular formula is C18H28N2O. The number of piperidine rings is 1. The number of rotatable bonds is 4. The van der Waals surface area contributed by atoms with E-state index in [4.69, 9.17) is 10.5 Å². The monoisotopic (exact) mass is 288 g/mol. The van der Waals surface area contributed by atoms with Crippen molar-refractivity contribution in [1.29, 1.82) is 0 Å². The summed E-state index contributed by atoms with van der Waals surface area (Å²) in [6.45, 7) is 4.00. The Bertz CT molecular complexity index is 472. The van der Waals surface area contributed by atoms with Gasteiger partial charge in [-0.2, -0.15) is 0 Å². The molecule has 1 saturated carbocycles. The van der Waals surface area contributed by atoms with E-state index in [9.17, 15) is 0 Å². The van der Waals surface area contributed by atoms with Crippen LogP contribution in [0.5, 0.6) is 5.75 Å². The van der Waals surface area contributed by atoms with Crippen molar-refractivity contribution >= 4 is 11.4 Å². The zero-order valence-electron chi connectivity index (χ0n) is 13.2. The van der Waals surface area contributed by atoms with Crippen LogP contribution in [0.4, 0.5) is 11.4 Å². The van der Waals surface area contributed by atoms with Crippen LogP contribution in [0.25, 0.3) is 0 Å². The van der Waals surface area contributed by atoms with Gasteiger partial charge in [0.05, 0.1) is 18.0 Å². The average molecular weight is 288 g/mol. The number of nitrogens with two attached hydrogens (primary N) is 1. The first-order valence-corrected chi connectivity index (χ1v) is 8.59. The Morgan fingerprint density at radius 1 is 1.19 bits per heavy atom. The Hall–Kier alpha value is -1.38. The Labute approximate surface area is 128 Å². The zero-order valence-corrected chi connectivity index (χ0v) is 13.2. The second-order valence-corrected chi connectivity index (χ2v) is 6.48. The van der Waals surface area contributed by atoms with E-state index in [2.05, 4.69) is 24.0 Å². The summed E-state index contributed by atoms with van der Waals surface area (Å²) in [6, 6.07) is 6.95. The highest BCUT2D eigenvalue weighted by Gasteiger charge is 2.34. The van der Waals surface area contributed by atoms with Crippen molar-refractivity contribution < 1.29 is 4.74 Å². The summed E-state index contributed by atoms with van der Waals surface area (Å²) in [5.41, 5.74) is 8.44. The molecule has 1 heterocycles. The van der Waals surface area contributed by atoms with Gasteiger partial charge in [-0.25, -0.2) is 0 Å². The van der Waals surface area contributed by atoms with E-state index in [0.29, 0.717) is 6.04 Å². The molecule has 1 aliphatic heterocycles. The minimum absolute atomic E-state index is 0.691. The lowest BCUT2D eigenvalue weighted by Gasteiger charge is -2.45. The first-order chi connectivity index (χ1) is 10.3. The Morgan fingerprint density at radius 2 is 2.00 bits per heavy atom. The second kappa shape index (κ2) is 6.59. The average Bonchev–Trinajstić information content (AvgIpc) is 2.53. The van der Waals surface area contributed by atoms with E-state index < -0.39 is 0 Å². The van der Waals surface area contributed by atoms with Crippen molar-refractivity contribution in [1.82, 2.24) is 0 Å². The molecule has 1 aliphatic carbocycles. The van der Waals surface area contributed by atoms with Crippen molar-refractivity contribution in [2.24, 2.45) is 5.92 Å². The topological polar surface area (TPSA) is 38.5 Å². The molecule has 0 radical (unpaired) electrons. The lowest BCUT2D eigenvalue weighted by atomic mass is 9.78. The highest BCUT2D eigenvalue weighted by molar-refractivity contribution is 5.74. The molecule has 3 rings (SSSR count). The molecule has 0 bridgehead atoms. The third kappa shape index (κ3) is 2.97. The number of hydrogen-bond acceptors (Lipinski definition) is 3. The molecule has 2 aliphatic rings. The van der Waals surface area contributed by atoms with E-state index in [1.807, 2.05) is 6.07 Å². The van der Waals surface area contributed by atoms with Gasteiger partial charge in [0.1, 0.15) is 5.75 Å². The molecule has 0 spiro atoms. The van der Waals surface area contributed by atoms with Crippen LogP contribution >= 0.6 is 0 Å². The number of nitrogens with zero attached hydrogens (tertiary/aromatic N) is 1. The normalized spacial score (nSPS) is 25.5. The molecular weight excluding hydrogens is 260 g/mol. The number of ether oxygens (including phenoxy) is 1. The minimum Gasteiger partial charge on any atom is -0.491 e. The Balaban J connectivity index is 1.84. The summed E-state index contributed by atoms with van der Waals surface area (Å²) >= 11 is 0. The third-order valence-corrected chi connectivity index (χ3v) is 5.06. The quantitative estimate of drug-likeness (QED) is 0.843. The maximum Gasteiger partial charge on any atom is 0.144 e. The summed E-state index contributed by atoms with van der Waals surface area (Å²) in [4.78, 5) is 2.57. The summed E-state index contributed by atoms with van der Waals surface area (Å²) in [6.07, 6.45) is 9.19. The van der Waals surface area contributed by atoms with Gasteiger partial charge >= 0.3 is 0 Å². The molecule has 21 heavy (non-hydrogen) atoms. The molecule has 3 nitrogen and oxygen atoms in total. The van der Waals surface area contributed by atoms with Gasteiger partial charge in [0.2, 0.25) is 0 Å². The first kappa shape index (κ1) is 14.6. The minimum atomic E-state index is 0.691. The molecule has 3 heteroatoms. The Morgan fingerprint density at radius 3 is 2.86 bits per heavy atom. The number of para-hydroxylation sites is 1. The van der Waals surface area contributed by atoms with Gasteiger partial charge in [-0.05, 0) is 50.2 Å². The van der Waals surface area contributed by atoms with E-state index >= 15 is 0 Å². The smallest absolute Gasteiger partial charge is 0.144 e. The predicted octanol–water partition coefficient (Wildman–Crippen LogP) is 4.22. The standard InChI is InChI=1S/C18H28N2O/c1-2-13-21-17-11-5-10-16(18(17)19)20-12-6-8-14-7-3-4-9-15(14)20/h5,10-11,14-15H,2-4,6-9,12-13,19H2,1H3. The van der Waals surface area contributed by atoms with E-state index in [1.165, 1.54) is 44.2 Å². The summed E-state index contributed by atoms with van der Waals surface area (Å²) in [5.74, 6) is 1.72. The third-order valence-electron chi connectivity index (χ3n) is 5.06. The van der Waals surface area contributed by atoms with Crippen molar-refractivity contribution in [2.45, 2.75) is 57.9 Å². The lowest BCUT2D eigenvalue weighted by molar-refractivity contribution is 0.244. The zero-order chi connectivity index (χ0) is 14.7. The fraction of sp³-hybridized carbons (Fsp3) is 0.667.